The van der Waals surface area contributed by atoms with E-state index in [0.29, 0.717) is 12.8 Å². The molecular formula is C16H21NO2S. The molecule has 2 rings (SSSR count). The number of aromatic nitrogens is 1. The molecule has 3 nitrogen and oxygen atoms in total. The minimum absolute atomic E-state index is 0.0187. The molecule has 108 valence electrons. The molecule has 1 N–H and O–H groups in total. The van der Waals surface area contributed by atoms with Gasteiger partial charge in [-0.1, -0.05) is 19.9 Å². The predicted octanol–water partition coefficient (Wildman–Crippen LogP) is 3.93. The highest BCUT2D eigenvalue weighted by Crippen LogP contribution is 2.40. The molecule has 1 aliphatic carbocycles. The van der Waals surface area contributed by atoms with Crippen molar-refractivity contribution in [2.75, 3.05) is 5.75 Å². The molecule has 0 spiro atoms. The summed E-state index contributed by atoms with van der Waals surface area (Å²) < 4.78 is 0. The first-order valence-electron chi connectivity index (χ1n) is 6.84. The number of hydrogen-bond donors (Lipinski definition) is 1. The number of aliphatic hydroxyl groups is 1. The van der Waals surface area contributed by atoms with E-state index in [9.17, 15) is 9.90 Å². The van der Waals surface area contributed by atoms with E-state index in [4.69, 9.17) is 0 Å². The topological polar surface area (TPSA) is 50.2 Å². The van der Waals surface area contributed by atoms with Gasteiger partial charge in [-0.15, -0.1) is 11.8 Å². The van der Waals surface area contributed by atoms with Crippen LogP contribution in [0.5, 0.6) is 0 Å². The summed E-state index contributed by atoms with van der Waals surface area (Å²) in [6.07, 6.45) is 4.36. The van der Waals surface area contributed by atoms with Crippen molar-refractivity contribution in [3.63, 3.8) is 0 Å². The lowest BCUT2D eigenvalue weighted by Crippen LogP contribution is -2.31. The maximum Gasteiger partial charge on any atom is 0.159 e. The summed E-state index contributed by atoms with van der Waals surface area (Å²) in [7, 11) is 0. The van der Waals surface area contributed by atoms with Crippen molar-refractivity contribution in [1.29, 1.82) is 0 Å². The molecule has 1 heterocycles. The molecule has 0 aliphatic heterocycles. The minimum atomic E-state index is -0.0187. The minimum Gasteiger partial charge on any atom is -0.512 e. The summed E-state index contributed by atoms with van der Waals surface area (Å²) in [6, 6.07) is 4.08. The van der Waals surface area contributed by atoms with E-state index in [1.165, 1.54) is 6.08 Å². The number of rotatable bonds is 4. The van der Waals surface area contributed by atoms with E-state index < -0.39 is 0 Å². The first kappa shape index (κ1) is 15.1. The van der Waals surface area contributed by atoms with E-state index in [0.717, 1.165) is 16.3 Å². The number of pyridine rings is 1. The van der Waals surface area contributed by atoms with Gasteiger partial charge in [0, 0.05) is 30.9 Å². The Morgan fingerprint density at radius 1 is 1.40 bits per heavy atom. The quantitative estimate of drug-likeness (QED) is 0.854. The number of aryl methyl sites for hydroxylation is 1. The largest absolute Gasteiger partial charge is 0.512 e. The summed E-state index contributed by atoms with van der Waals surface area (Å²) in [5.41, 5.74) is 1.14. The van der Waals surface area contributed by atoms with Crippen LogP contribution in [0.1, 0.15) is 32.3 Å². The molecule has 1 unspecified atom stereocenters. The zero-order chi connectivity index (χ0) is 14.8. The Kier molecular flexibility index (Phi) is 4.53. The molecule has 0 amide bonds. The van der Waals surface area contributed by atoms with Crippen molar-refractivity contribution in [1.82, 2.24) is 4.98 Å². The molecule has 1 aliphatic rings. The average Bonchev–Trinajstić information content (AvgIpc) is 2.37. The van der Waals surface area contributed by atoms with Crippen molar-refractivity contribution in [3.05, 3.63) is 35.7 Å². The summed E-state index contributed by atoms with van der Waals surface area (Å²) in [5, 5.41) is 10.7. The third kappa shape index (κ3) is 3.85. The van der Waals surface area contributed by atoms with Gasteiger partial charge >= 0.3 is 0 Å². The Morgan fingerprint density at radius 2 is 2.15 bits per heavy atom. The SMILES string of the molecule is Cc1ccc(SCC(C)(C)C2CC(=O)C=C(O)C2)nc1. The van der Waals surface area contributed by atoms with Crippen LogP contribution in [0, 0.1) is 18.3 Å². The Bertz CT molecular complexity index is 520. The number of carbonyl (C=O) groups excluding carboxylic acids is 1. The van der Waals surface area contributed by atoms with Gasteiger partial charge in [0.05, 0.1) is 10.8 Å². The van der Waals surface area contributed by atoms with Gasteiger partial charge in [-0.2, -0.15) is 0 Å². The number of hydrogen-bond acceptors (Lipinski definition) is 4. The second-order valence-electron chi connectivity index (χ2n) is 6.16. The maximum atomic E-state index is 11.6. The Hall–Kier alpha value is -1.29. The zero-order valence-electron chi connectivity index (χ0n) is 12.2. The predicted molar refractivity (Wildman–Crippen MR) is 81.9 cm³/mol. The number of ketones is 1. The molecular weight excluding hydrogens is 270 g/mol. The molecule has 1 aromatic rings. The molecule has 0 saturated heterocycles. The van der Waals surface area contributed by atoms with Crippen molar-refractivity contribution < 1.29 is 9.90 Å². The number of nitrogens with zero attached hydrogens (tertiary/aromatic N) is 1. The van der Waals surface area contributed by atoms with Crippen LogP contribution in [0.4, 0.5) is 0 Å². The second-order valence-corrected chi connectivity index (χ2v) is 7.15. The summed E-state index contributed by atoms with van der Waals surface area (Å²) in [4.78, 5) is 16.0. The van der Waals surface area contributed by atoms with Gasteiger partial charge in [-0.3, -0.25) is 4.79 Å². The third-order valence-electron chi connectivity index (χ3n) is 3.81. The molecule has 0 bridgehead atoms. The molecule has 0 aromatic carbocycles. The van der Waals surface area contributed by atoms with Crippen LogP contribution in [0.25, 0.3) is 0 Å². The van der Waals surface area contributed by atoms with E-state index in [1.807, 2.05) is 19.2 Å². The number of aliphatic hydroxyl groups excluding tert-OH is 1. The standard InChI is InChI=1S/C16H21NO2S/c1-11-4-5-15(17-9-11)20-10-16(2,3)12-6-13(18)8-14(19)7-12/h4-5,8-9,12,18H,6-7,10H2,1-3H3. The zero-order valence-corrected chi connectivity index (χ0v) is 13.0. The van der Waals surface area contributed by atoms with E-state index in [1.54, 1.807) is 11.8 Å². The van der Waals surface area contributed by atoms with Crippen LogP contribution < -0.4 is 0 Å². The lowest BCUT2D eigenvalue weighted by atomic mass is 9.73. The van der Waals surface area contributed by atoms with Crippen LogP contribution in [-0.4, -0.2) is 21.6 Å². The van der Waals surface area contributed by atoms with Crippen LogP contribution >= 0.6 is 11.8 Å². The summed E-state index contributed by atoms with van der Waals surface area (Å²) in [5.74, 6) is 1.33. The highest BCUT2D eigenvalue weighted by atomic mass is 32.2. The maximum absolute atomic E-state index is 11.6. The number of allylic oxidation sites excluding steroid dienone is 2. The molecule has 1 atom stereocenters. The fourth-order valence-electron chi connectivity index (χ4n) is 2.34. The summed E-state index contributed by atoms with van der Waals surface area (Å²) >= 11 is 1.71. The van der Waals surface area contributed by atoms with Gasteiger partial charge in [-0.05, 0) is 29.9 Å². The molecule has 0 radical (unpaired) electrons. The Morgan fingerprint density at radius 3 is 2.75 bits per heavy atom. The lowest BCUT2D eigenvalue weighted by molar-refractivity contribution is -0.117. The molecule has 20 heavy (non-hydrogen) atoms. The van der Waals surface area contributed by atoms with Crippen molar-refractivity contribution in [2.24, 2.45) is 11.3 Å². The number of carbonyl (C=O) groups is 1. The monoisotopic (exact) mass is 291 g/mol. The average molecular weight is 291 g/mol. The van der Waals surface area contributed by atoms with Crippen LogP contribution in [0.2, 0.25) is 0 Å². The van der Waals surface area contributed by atoms with Gasteiger partial charge in [0.15, 0.2) is 5.78 Å². The van der Waals surface area contributed by atoms with Crippen molar-refractivity contribution >= 4 is 17.5 Å². The Labute approximate surface area is 124 Å². The second kappa shape index (κ2) is 6.00. The highest BCUT2D eigenvalue weighted by Gasteiger charge is 2.34. The smallest absolute Gasteiger partial charge is 0.159 e. The van der Waals surface area contributed by atoms with E-state index >= 15 is 0 Å². The van der Waals surface area contributed by atoms with Gasteiger partial charge in [0.1, 0.15) is 0 Å². The van der Waals surface area contributed by atoms with Crippen LogP contribution in [-0.2, 0) is 4.79 Å². The lowest BCUT2D eigenvalue weighted by Gasteiger charge is -2.35. The molecule has 0 saturated carbocycles. The van der Waals surface area contributed by atoms with E-state index in [-0.39, 0.29) is 22.9 Å². The first-order valence-corrected chi connectivity index (χ1v) is 7.83. The van der Waals surface area contributed by atoms with Gasteiger partial charge < -0.3 is 5.11 Å². The van der Waals surface area contributed by atoms with Gasteiger partial charge in [-0.25, -0.2) is 4.98 Å². The van der Waals surface area contributed by atoms with E-state index in [2.05, 4.69) is 24.9 Å². The molecule has 0 fully saturated rings. The normalized spacial score (nSPS) is 19.9. The van der Waals surface area contributed by atoms with Crippen molar-refractivity contribution in [2.45, 2.75) is 38.6 Å². The third-order valence-corrected chi connectivity index (χ3v) is 5.24. The summed E-state index contributed by atoms with van der Waals surface area (Å²) in [6.45, 7) is 6.34. The van der Waals surface area contributed by atoms with Crippen LogP contribution in [0.3, 0.4) is 0 Å². The molecule has 1 aromatic heterocycles. The first-order chi connectivity index (χ1) is 9.37. The highest BCUT2D eigenvalue weighted by molar-refractivity contribution is 7.99. The van der Waals surface area contributed by atoms with Gasteiger partial charge in [0.25, 0.3) is 0 Å². The Balaban J connectivity index is 1.98. The number of thioether (sulfide) groups is 1. The van der Waals surface area contributed by atoms with Crippen LogP contribution in [0.15, 0.2) is 35.2 Å². The molecule has 4 heteroatoms. The van der Waals surface area contributed by atoms with Crippen molar-refractivity contribution in [3.8, 4) is 0 Å². The fourth-order valence-corrected chi connectivity index (χ4v) is 3.39. The van der Waals surface area contributed by atoms with Gasteiger partial charge in [0.2, 0.25) is 0 Å². The fraction of sp³-hybridized carbons (Fsp3) is 0.500.